The Balaban J connectivity index is 3.87. The molecular weight excluding hydrogens is 162 g/mol. The Bertz CT molecular complexity index is 187. The zero-order valence-electron chi connectivity index (χ0n) is 9.42. The number of rotatable bonds is 4. The van der Waals surface area contributed by atoms with Crippen molar-refractivity contribution in [2.75, 3.05) is 0 Å². The van der Waals surface area contributed by atoms with Crippen LogP contribution in [0.4, 0.5) is 0 Å². The molecule has 0 fully saturated rings. The van der Waals surface area contributed by atoms with E-state index >= 15 is 0 Å². The van der Waals surface area contributed by atoms with E-state index in [1.54, 1.807) is 6.08 Å². The highest BCUT2D eigenvalue weighted by Crippen LogP contribution is 2.26. The Kier molecular flexibility index (Phi) is 4.94. The molecular formula is C11H21NO. The van der Waals surface area contributed by atoms with Crippen molar-refractivity contribution in [3.05, 3.63) is 0 Å². The summed E-state index contributed by atoms with van der Waals surface area (Å²) in [5.41, 5.74) is 0.365. The van der Waals surface area contributed by atoms with Crippen LogP contribution in [0.5, 0.6) is 0 Å². The lowest BCUT2D eigenvalue weighted by molar-refractivity contribution is 0.289. The van der Waals surface area contributed by atoms with Crippen LogP contribution in [-0.2, 0) is 4.79 Å². The minimum Gasteiger partial charge on any atom is -0.211 e. The number of isocyanates is 1. The molecule has 76 valence electrons. The van der Waals surface area contributed by atoms with E-state index in [-0.39, 0.29) is 6.04 Å². The molecule has 0 saturated heterocycles. The van der Waals surface area contributed by atoms with Crippen LogP contribution in [0.25, 0.3) is 0 Å². The van der Waals surface area contributed by atoms with Crippen LogP contribution in [0.1, 0.15) is 47.5 Å². The van der Waals surface area contributed by atoms with Crippen molar-refractivity contribution >= 4 is 6.08 Å². The van der Waals surface area contributed by atoms with Gasteiger partial charge in [-0.2, -0.15) is 0 Å². The number of aliphatic imine (C=N–C) groups is 1. The number of hydrogen-bond donors (Lipinski definition) is 0. The third-order valence-electron chi connectivity index (χ3n) is 1.98. The highest BCUT2D eigenvalue weighted by atomic mass is 16.1. The van der Waals surface area contributed by atoms with Crippen LogP contribution in [-0.4, -0.2) is 12.1 Å². The third kappa shape index (κ3) is 7.73. The summed E-state index contributed by atoms with van der Waals surface area (Å²) in [6.07, 6.45) is 3.76. The first kappa shape index (κ1) is 12.4. The summed E-state index contributed by atoms with van der Waals surface area (Å²) in [6, 6.07) is 0.120. The summed E-state index contributed by atoms with van der Waals surface area (Å²) in [6.45, 7) is 10.9. The maximum atomic E-state index is 9.99. The summed E-state index contributed by atoms with van der Waals surface area (Å²) in [5, 5.41) is 0. The fourth-order valence-corrected chi connectivity index (χ4v) is 1.85. The first-order chi connectivity index (χ1) is 5.85. The predicted molar refractivity (Wildman–Crippen MR) is 55.4 cm³/mol. The van der Waals surface area contributed by atoms with Gasteiger partial charge in [-0.25, -0.2) is 9.79 Å². The molecule has 0 aromatic carbocycles. The second kappa shape index (κ2) is 5.18. The number of carbonyl (C=O) groups excluding carboxylic acids is 1. The van der Waals surface area contributed by atoms with E-state index in [1.807, 2.05) is 6.92 Å². The van der Waals surface area contributed by atoms with Crippen LogP contribution < -0.4 is 0 Å². The quantitative estimate of drug-likeness (QED) is 0.486. The van der Waals surface area contributed by atoms with Gasteiger partial charge in [0, 0.05) is 0 Å². The van der Waals surface area contributed by atoms with E-state index in [4.69, 9.17) is 0 Å². The Morgan fingerprint density at radius 2 is 1.85 bits per heavy atom. The van der Waals surface area contributed by atoms with Crippen molar-refractivity contribution in [2.24, 2.45) is 16.3 Å². The van der Waals surface area contributed by atoms with E-state index in [2.05, 4.69) is 32.7 Å². The fraction of sp³-hybridized carbons (Fsp3) is 0.909. The lowest BCUT2D eigenvalue weighted by Gasteiger charge is -2.23. The monoisotopic (exact) mass is 183 g/mol. The van der Waals surface area contributed by atoms with E-state index < -0.39 is 0 Å². The zero-order chi connectivity index (χ0) is 10.5. The molecule has 0 heterocycles. The minimum absolute atomic E-state index is 0.120. The molecule has 13 heavy (non-hydrogen) atoms. The summed E-state index contributed by atoms with van der Waals surface area (Å²) < 4.78 is 0. The van der Waals surface area contributed by atoms with Gasteiger partial charge in [-0.3, -0.25) is 0 Å². The normalized spacial score (nSPS) is 16.1. The van der Waals surface area contributed by atoms with Gasteiger partial charge in [0.25, 0.3) is 0 Å². The van der Waals surface area contributed by atoms with Gasteiger partial charge in [-0.15, -0.1) is 0 Å². The summed E-state index contributed by atoms with van der Waals surface area (Å²) in [5.74, 6) is 0.618. The van der Waals surface area contributed by atoms with E-state index in [9.17, 15) is 4.79 Å². The molecule has 0 aromatic rings. The smallest absolute Gasteiger partial charge is 0.211 e. The first-order valence-electron chi connectivity index (χ1n) is 4.92. The molecule has 2 heteroatoms. The molecule has 0 aliphatic heterocycles. The number of hydrogen-bond acceptors (Lipinski definition) is 2. The maximum absolute atomic E-state index is 9.99. The fourth-order valence-electron chi connectivity index (χ4n) is 1.85. The summed E-state index contributed by atoms with van der Waals surface area (Å²) in [4.78, 5) is 13.7. The highest BCUT2D eigenvalue weighted by molar-refractivity contribution is 5.33. The zero-order valence-corrected chi connectivity index (χ0v) is 9.42. The van der Waals surface area contributed by atoms with Gasteiger partial charge in [-0.1, -0.05) is 27.7 Å². The molecule has 2 nitrogen and oxygen atoms in total. The van der Waals surface area contributed by atoms with Crippen molar-refractivity contribution in [3.8, 4) is 0 Å². The van der Waals surface area contributed by atoms with E-state index in [0.29, 0.717) is 11.3 Å². The lowest BCUT2D eigenvalue weighted by Crippen LogP contribution is -2.14. The van der Waals surface area contributed by atoms with Gasteiger partial charge >= 0.3 is 0 Å². The van der Waals surface area contributed by atoms with E-state index in [0.717, 1.165) is 6.42 Å². The predicted octanol–water partition coefficient (Wildman–Crippen LogP) is 3.17. The molecule has 0 spiro atoms. The second-order valence-electron chi connectivity index (χ2n) is 5.18. The molecule has 0 saturated carbocycles. The van der Waals surface area contributed by atoms with E-state index in [1.165, 1.54) is 6.42 Å². The summed E-state index contributed by atoms with van der Waals surface area (Å²) >= 11 is 0. The molecule has 0 bridgehead atoms. The Labute approximate surface area is 81.4 Å². The first-order valence-corrected chi connectivity index (χ1v) is 4.92. The third-order valence-corrected chi connectivity index (χ3v) is 1.98. The van der Waals surface area contributed by atoms with Crippen molar-refractivity contribution in [3.63, 3.8) is 0 Å². The van der Waals surface area contributed by atoms with Crippen molar-refractivity contribution in [1.29, 1.82) is 0 Å². The highest BCUT2D eigenvalue weighted by Gasteiger charge is 2.16. The molecule has 2 atom stereocenters. The van der Waals surface area contributed by atoms with Gasteiger partial charge < -0.3 is 0 Å². The minimum atomic E-state index is 0.120. The molecule has 0 aliphatic rings. The van der Waals surface area contributed by atoms with Gasteiger partial charge in [0.15, 0.2) is 0 Å². The number of nitrogens with zero attached hydrogens (tertiary/aromatic N) is 1. The maximum Gasteiger partial charge on any atom is 0.235 e. The van der Waals surface area contributed by atoms with Gasteiger partial charge in [0.2, 0.25) is 6.08 Å². The Morgan fingerprint density at radius 1 is 1.31 bits per heavy atom. The molecule has 2 unspecified atom stereocenters. The van der Waals surface area contributed by atoms with Crippen LogP contribution >= 0.6 is 0 Å². The standard InChI is InChI=1S/C11H21NO/c1-9(7-11(3,4)5)6-10(2)12-8-13/h9-10H,6-7H2,1-5H3. The topological polar surface area (TPSA) is 29.4 Å². The van der Waals surface area contributed by atoms with Gasteiger partial charge in [-0.05, 0) is 31.1 Å². The Morgan fingerprint density at radius 3 is 2.23 bits per heavy atom. The molecule has 0 radical (unpaired) electrons. The van der Waals surface area contributed by atoms with Gasteiger partial charge in [0.05, 0.1) is 6.04 Å². The SMILES string of the molecule is CC(CC(C)N=C=O)CC(C)(C)C. The molecule has 0 amide bonds. The lowest BCUT2D eigenvalue weighted by atomic mass is 9.83. The van der Waals surface area contributed by atoms with Crippen LogP contribution in [0.15, 0.2) is 4.99 Å². The molecule has 0 rings (SSSR count). The average Bonchev–Trinajstić information content (AvgIpc) is 1.81. The van der Waals surface area contributed by atoms with Crippen LogP contribution in [0, 0.1) is 11.3 Å². The Hall–Kier alpha value is -0.620. The van der Waals surface area contributed by atoms with Crippen LogP contribution in [0.3, 0.4) is 0 Å². The van der Waals surface area contributed by atoms with Crippen molar-refractivity contribution in [2.45, 2.75) is 53.5 Å². The molecule has 0 aliphatic carbocycles. The van der Waals surface area contributed by atoms with Crippen molar-refractivity contribution < 1.29 is 4.79 Å². The van der Waals surface area contributed by atoms with Crippen molar-refractivity contribution in [1.82, 2.24) is 0 Å². The summed E-state index contributed by atoms with van der Waals surface area (Å²) in [7, 11) is 0. The van der Waals surface area contributed by atoms with Crippen LogP contribution in [0.2, 0.25) is 0 Å². The molecule has 0 aromatic heterocycles. The van der Waals surface area contributed by atoms with Gasteiger partial charge in [0.1, 0.15) is 0 Å². The average molecular weight is 183 g/mol. The largest absolute Gasteiger partial charge is 0.235 e. The second-order valence-corrected chi connectivity index (χ2v) is 5.18. The molecule has 0 N–H and O–H groups in total.